The van der Waals surface area contributed by atoms with E-state index in [1.54, 1.807) is 25.6 Å². The quantitative estimate of drug-likeness (QED) is 0.752. The molecule has 0 aliphatic carbocycles. The van der Waals surface area contributed by atoms with Gasteiger partial charge in [-0.25, -0.2) is 4.98 Å². The molecule has 1 atom stereocenters. The van der Waals surface area contributed by atoms with Crippen molar-refractivity contribution in [1.82, 2.24) is 9.88 Å². The number of likely N-dealkylation sites (tertiary alicyclic amines) is 1. The molecule has 1 aromatic carbocycles. The zero-order valence-electron chi connectivity index (χ0n) is 15.8. The average Bonchev–Trinajstić information content (AvgIpc) is 3.40. The third-order valence-electron chi connectivity index (χ3n) is 5.18. The van der Waals surface area contributed by atoms with Crippen molar-refractivity contribution in [3.8, 4) is 22.1 Å². The Morgan fingerprint density at radius 3 is 2.81 bits per heavy atom. The SMILES string of the molecule is COc1cccc(-c2nc(CN3CCCCC3C3OCCO3)cs2)c1OC. The Kier molecular flexibility index (Phi) is 5.92. The number of methoxy groups -OCH3 is 2. The van der Waals surface area contributed by atoms with Gasteiger partial charge in [-0.15, -0.1) is 11.3 Å². The fourth-order valence-corrected chi connectivity index (χ4v) is 4.72. The van der Waals surface area contributed by atoms with Crippen molar-refractivity contribution >= 4 is 11.3 Å². The molecule has 3 heterocycles. The number of benzene rings is 1. The van der Waals surface area contributed by atoms with Crippen LogP contribution in [0.15, 0.2) is 23.6 Å². The summed E-state index contributed by atoms with van der Waals surface area (Å²) in [6, 6.07) is 6.20. The third kappa shape index (κ3) is 3.96. The lowest BCUT2D eigenvalue weighted by molar-refractivity contribution is -0.111. The van der Waals surface area contributed by atoms with Crippen LogP contribution < -0.4 is 9.47 Å². The first-order valence-electron chi connectivity index (χ1n) is 9.43. The Labute approximate surface area is 164 Å². The number of nitrogens with zero attached hydrogens (tertiary/aromatic N) is 2. The molecule has 2 aromatic rings. The summed E-state index contributed by atoms with van der Waals surface area (Å²) in [7, 11) is 3.31. The molecule has 0 spiro atoms. The van der Waals surface area contributed by atoms with Gasteiger partial charge in [-0.3, -0.25) is 4.90 Å². The van der Waals surface area contributed by atoms with Crippen LogP contribution in [0.1, 0.15) is 25.0 Å². The van der Waals surface area contributed by atoms with E-state index in [1.165, 1.54) is 12.8 Å². The van der Waals surface area contributed by atoms with E-state index in [2.05, 4.69) is 10.3 Å². The van der Waals surface area contributed by atoms with Crippen molar-refractivity contribution in [1.29, 1.82) is 0 Å². The van der Waals surface area contributed by atoms with Crippen molar-refractivity contribution in [2.75, 3.05) is 34.0 Å². The maximum atomic E-state index is 5.78. The topological polar surface area (TPSA) is 53.1 Å². The third-order valence-corrected chi connectivity index (χ3v) is 6.10. The van der Waals surface area contributed by atoms with Crippen LogP contribution in [0.4, 0.5) is 0 Å². The van der Waals surface area contributed by atoms with E-state index in [9.17, 15) is 0 Å². The average molecular weight is 391 g/mol. The number of hydrogen-bond donors (Lipinski definition) is 0. The molecule has 2 saturated heterocycles. The Hall–Kier alpha value is -1.67. The first-order chi connectivity index (χ1) is 13.3. The second-order valence-corrected chi connectivity index (χ2v) is 7.69. The highest BCUT2D eigenvalue weighted by molar-refractivity contribution is 7.13. The summed E-state index contributed by atoms with van der Waals surface area (Å²) in [4.78, 5) is 7.34. The summed E-state index contributed by atoms with van der Waals surface area (Å²) >= 11 is 1.64. The van der Waals surface area contributed by atoms with Gasteiger partial charge in [0, 0.05) is 11.9 Å². The Balaban J connectivity index is 1.52. The molecule has 0 amide bonds. The summed E-state index contributed by atoms with van der Waals surface area (Å²) in [5.74, 6) is 1.45. The fraction of sp³-hybridized carbons (Fsp3) is 0.550. The van der Waals surface area contributed by atoms with Crippen molar-refractivity contribution < 1.29 is 18.9 Å². The molecule has 4 rings (SSSR count). The summed E-state index contributed by atoms with van der Waals surface area (Å²) in [6.45, 7) is 3.27. The van der Waals surface area contributed by atoms with Crippen molar-refractivity contribution in [2.45, 2.75) is 38.1 Å². The van der Waals surface area contributed by atoms with Crippen molar-refractivity contribution in [3.63, 3.8) is 0 Å². The van der Waals surface area contributed by atoms with Gasteiger partial charge in [-0.2, -0.15) is 0 Å². The molecule has 0 N–H and O–H groups in total. The van der Waals surface area contributed by atoms with E-state index < -0.39 is 0 Å². The van der Waals surface area contributed by atoms with E-state index in [0.717, 1.165) is 47.3 Å². The van der Waals surface area contributed by atoms with Gasteiger partial charge in [-0.1, -0.05) is 12.5 Å². The molecule has 0 saturated carbocycles. The van der Waals surface area contributed by atoms with Gasteiger partial charge < -0.3 is 18.9 Å². The van der Waals surface area contributed by atoms with Crippen LogP contribution in [0.3, 0.4) is 0 Å². The van der Waals surface area contributed by atoms with Gasteiger partial charge >= 0.3 is 0 Å². The predicted molar refractivity (Wildman–Crippen MR) is 104 cm³/mol. The molecule has 7 heteroatoms. The van der Waals surface area contributed by atoms with Gasteiger partial charge in [0.05, 0.1) is 44.7 Å². The molecule has 2 fully saturated rings. The first-order valence-corrected chi connectivity index (χ1v) is 10.3. The molecular formula is C20H26N2O4S. The summed E-state index contributed by atoms with van der Waals surface area (Å²) in [5, 5.41) is 3.08. The lowest BCUT2D eigenvalue weighted by Gasteiger charge is -2.37. The lowest BCUT2D eigenvalue weighted by atomic mass is 10.0. The van der Waals surface area contributed by atoms with Gasteiger partial charge in [0.2, 0.25) is 0 Å². The van der Waals surface area contributed by atoms with Crippen LogP contribution >= 0.6 is 11.3 Å². The summed E-state index contributed by atoms with van der Waals surface area (Å²) in [5.41, 5.74) is 2.04. The molecule has 1 unspecified atom stereocenters. The van der Waals surface area contributed by atoms with Gasteiger partial charge in [0.25, 0.3) is 0 Å². The van der Waals surface area contributed by atoms with Crippen molar-refractivity contribution in [2.24, 2.45) is 0 Å². The van der Waals surface area contributed by atoms with Crippen LogP contribution in [0.2, 0.25) is 0 Å². The molecule has 6 nitrogen and oxygen atoms in total. The number of thiazole rings is 1. The number of ether oxygens (including phenoxy) is 4. The normalized spacial score (nSPS) is 21.5. The second kappa shape index (κ2) is 8.56. The maximum Gasteiger partial charge on any atom is 0.173 e. The summed E-state index contributed by atoms with van der Waals surface area (Å²) in [6.07, 6.45) is 3.46. The molecule has 0 bridgehead atoms. The number of piperidine rings is 1. The molecular weight excluding hydrogens is 364 g/mol. The second-order valence-electron chi connectivity index (χ2n) is 6.83. The monoisotopic (exact) mass is 390 g/mol. The van der Waals surface area contributed by atoms with Gasteiger partial charge in [0.15, 0.2) is 17.8 Å². The van der Waals surface area contributed by atoms with Crippen LogP contribution in [-0.2, 0) is 16.0 Å². The smallest absolute Gasteiger partial charge is 0.173 e. The molecule has 0 radical (unpaired) electrons. The number of para-hydroxylation sites is 1. The van der Waals surface area contributed by atoms with Crippen LogP contribution in [0, 0.1) is 0 Å². The van der Waals surface area contributed by atoms with Crippen LogP contribution in [-0.4, -0.2) is 56.2 Å². The van der Waals surface area contributed by atoms with Crippen LogP contribution in [0.25, 0.3) is 10.6 Å². The minimum atomic E-state index is -0.0955. The zero-order valence-corrected chi connectivity index (χ0v) is 16.7. The highest BCUT2D eigenvalue weighted by atomic mass is 32.1. The Bertz CT molecular complexity index is 760. The highest BCUT2D eigenvalue weighted by Gasteiger charge is 2.34. The summed E-state index contributed by atoms with van der Waals surface area (Å²) < 4.78 is 22.5. The predicted octanol–water partition coefficient (Wildman–Crippen LogP) is 3.55. The first kappa shape index (κ1) is 18.7. The van der Waals surface area contributed by atoms with E-state index in [1.807, 2.05) is 18.2 Å². The van der Waals surface area contributed by atoms with Crippen LogP contribution in [0.5, 0.6) is 11.5 Å². The zero-order chi connectivity index (χ0) is 18.6. The van der Waals surface area contributed by atoms with E-state index >= 15 is 0 Å². The van der Waals surface area contributed by atoms with E-state index in [4.69, 9.17) is 23.9 Å². The van der Waals surface area contributed by atoms with Gasteiger partial charge in [-0.05, 0) is 31.5 Å². The fourth-order valence-electron chi connectivity index (χ4n) is 3.89. The molecule has 1 aromatic heterocycles. The molecule has 2 aliphatic rings. The van der Waals surface area contributed by atoms with E-state index in [0.29, 0.717) is 19.3 Å². The standard InChI is InChI=1S/C20H26N2O4S/c1-23-17-8-5-6-15(18(17)24-2)19-21-14(13-27-19)12-22-9-4-3-7-16(22)20-25-10-11-26-20/h5-6,8,13,16,20H,3-4,7,9-12H2,1-2H3. The van der Waals surface area contributed by atoms with Crippen molar-refractivity contribution in [3.05, 3.63) is 29.3 Å². The molecule has 146 valence electrons. The Morgan fingerprint density at radius 1 is 1.19 bits per heavy atom. The maximum absolute atomic E-state index is 5.78. The molecule has 2 aliphatic heterocycles. The minimum absolute atomic E-state index is 0.0955. The lowest BCUT2D eigenvalue weighted by Crippen LogP contribution is -2.46. The highest BCUT2D eigenvalue weighted by Crippen LogP contribution is 2.39. The number of aromatic nitrogens is 1. The van der Waals surface area contributed by atoms with E-state index in [-0.39, 0.29) is 6.29 Å². The number of rotatable bonds is 6. The Morgan fingerprint density at radius 2 is 2.04 bits per heavy atom. The largest absolute Gasteiger partial charge is 0.493 e. The minimum Gasteiger partial charge on any atom is -0.493 e. The number of hydrogen-bond acceptors (Lipinski definition) is 7. The van der Waals surface area contributed by atoms with Gasteiger partial charge in [0.1, 0.15) is 5.01 Å². The molecule has 27 heavy (non-hydrogen) atoms.